The zero-order chi connectivity index (χ0) is 33.1. The third-order valence-corrected chi connectivity index (χ3v) is 6.50. The molecule has 0 aliphatic carbocycles. The van der Waals surface area contributed by atoms with Gasteiger partial charge in [0.25, 0.3) is 12.3 Å². The Bertz CT molecular complexity index is 1710. The van der Waals surface area contributed by atoms with Gasteiger partial charge in [-0.25, -0.2) is 8.78 Å². The standard InChI is InChI=1S/C26H18Cl2F8N6O3/c27-15-6-1-11(9-37-18(43)8-25(31,32)33)19(28)20(15)40-24-39-16-7-14(23(41-21(16)42-24)45-10-17(29)30)22(44)38-13-4-2-12(3-5-13)26(34,35)36/h1-7,17H,8-10H2,(H,37,43)(H,38,44)(H2,39,40,41,42). The van der Waals surface area contributed by atoms with Gasteiger partial charge in [-0.2, -0.15) is 36.3 Å². The maximum atomic E-state index is 13.0. The van der Waals surface area contributed by atoms with Gasteiger partial charge < -0.3 is 25.7 Å². The predicted molar refractivity (Wildman–Crippen MR) is 147 cm³/mol. The molecular weight excluding hydrogens is 667 g/mol. The van der Waals surface area contributed by atoms with Crippen LogP contribution < -0.4 is 20.7 Å². The number of ether oxygens (including phenoxy) is 1. The van der Waals surface area contributed by atoms with E-state index in [-0.39, 0.29) is 56.2 Å². The van der Waals surface area contributed by atoms with Crippen molar-refractivity contribution in [1.82, 2.24) is 20.3 Å². The first-order valence-corrected chi connectivity index (χ1v) is 13.1. The van der Waals surface area contributed by atoms with Gasteiger partial charge in [-0.3, -0.25) is 9.59 Å². The van der Waals surface area contributed by atoms with Crippen molar-refractivity contribution in [2.24, 2.45) is 0 Å². The Balaban J connectivity index is 1.60. The van der Waals surface area contributed by atoms with Crippen molar-refractivity contribution >= 4 is 63.5 Å². The van der Waals surface area contributed by atoms with Crippen LogP contribution in [-0.4, -0.2) is 46.0 Å². The summed E-state index contributed by atoms with van der Waals surface area (Å²) in [5.41, 5.74) is -1.21. The molecule has 19 heteroatoms. The largest absolute Gasteiger partial charge is 0.471 e. The van der Waals surface area contributed by atoms with Gasteiger partial charge in [0.05, 0.1) is 26.8 Å². The number of carbonyl (C=O) groups excluding carboxylic acids is 2. The molecule has 0 saturated heterocycles. The summed E-state index contributed by atoms with van der Waals surface area (Å²) < 4.78 is 107. The molecule has 0 spiro atoms. The van der Waals surface area contributed by atoms with Crippen molar-refractivity contribution < 1.29 is 49.4 Å². The minimum Gasteiger partial charge on any atom is -0.471 e. The minimum atomic E-state index is -4.71. The van der Waals surface area contributed by atoms with Crippen LogP contribution >= 0.6 is 23.2 Å². The molecule has 240 valence electrons. The number of fused-ring (bicyclic) bond motifs is 1. The smallest absolute Gasteiger partial charge is 0.416 e. The van der Waals surface area contributed by atoms with Crippen LogP contribution in [-0.2, 0) is 17.5 Å². The first-order chi connectivity index (χ1) is 21.0. The lowest BCUT2D eigenvalue weighted by molar-refractivity contribution is -0.153. The van der Waals surface area contributed by atoms with E-state index in [4.69, 9.17) is 27.9 Å². The van der Waals surface area contributed by atoms with Crippen LogP contribution in [0.1, 0.15) is 27.9 Å². The van der Waals surface area contributed by atoms with Gasteiger partial charge >= 0.3 is 12.4 Å². The van der Waals surface area contributed by atoms with Crippen LogP contribution in [0.15, 0.2) is 42.5 Å². The van der Waals surface area contributed by atoms with Crippen molar-refractivity contribution in [1.29, 1.82) is 0 Å². The van der Waals surface area contributed by atoms with E-state index in [1.54, 1.807) is 0 Å². The van der Waals surface area contributed by atoms with Gasteiger partial charge in [-0.15, -0.1) is 0 Å². The fourth-order valence-electron chi connectivity index (χ4n) is 3.74. The number of pyridine rings is 1. The number of aromatic amines is 1. The van der Waals surface area contributed by atoms with Crippen LogP contribution in [0.25, 0.3) is 11.2 Å². The zero-order valence-electron chi connectivity index (χ0n) is 22.1. The summed E-state index contributed by atoms with van der Waals surface area (Å²) in [6.45, 7) is -1.52. The molecule has 0 radical (unpaired) electrons. The van der Waals surface area contributed by atoms with E-state index in [9.17, 15) is 44.7 Å². The lowest BCUT2D eigenvalue weighted by atomic mass is 10.2. The van der Waals surface area contributed by atoms with Crippen molar-refractivity contribution in [3.63, 3.8) is 0 Å². The molecule has 2 aromatic carbocycles. The second-order valence-electron chi connectivity index (χ2n) is 9.12. The summed E-state index contributed by atoms with van der Waals surface area (Å²) in [6, 6.07) is 7.33. The normalized spacial score (nSPS) is 12.0. The van der Waals surface area contributed by atoms with Crippen LogP contribution in [0.2, 0.25) is 10.0 Å². The summed E-state index contributed by atoms with van der Waals surface area (Å²) in [4.78, 5) is 35.5. The Labute approximate surface area is 257 Å². The molecule has 45 heavy (non-hydrogen) atoms. The van der Waals surface area contributed by atoms with Crippen molar-refractivity contribution in [3.05, 3.63) is 69.2 Å². The maximum Gasteiger partial charge on any atom is 0.416 e. The number of amides is 2. The molecule has 4 aromatic rings. The highest BCUT2D eigenvalue weighted by Gasteiger charge is 2.31. The molecule has 0 aliphatic rings. The average Bonchev–Trinajstić information content (AvgIpc) is 3.33. The summed E-state index contributed by atoms with van der Waals surface area (Å²) in [5, 5.41) is 7.14. The summed E-state index contributed by atoms with van der Waals surface area (Å²) >= 11 is 12.6. The molecule has 9 nitrogen and oxygen atoms in total. The highest BCUT2D eigenvalue weighted by molar-refractivity contribution is 6.39. The molecule has 0 saturated carbocycles. The molecule has 2 amide bonds. The maximum absolute atomic E-state index is 13.0. The van der Waals surface area contributed by atoms with E-state index in [2.05, 4.69) is 30.9 Å². The minimum absolute atomic E-state index is 0.0226. The number of benzene rings is 2. The lowest BCUT2D eigenvalue weighted by Crippen LogP contribution is -2.28. The van der Waals surface area contributed by atoms with E-state index in [1.165, 1.54) is 12.1 Å². The van der Waals surface area contributed by atoms with E-state index < -0.39 is 55.1 Å². The fraction of sp³-hybridized carbons (Fsp3) is 0.231. The van der Waals surface area contributed by atoms with Gasteiger partial charge in [0.15, 0.2) is 12.3 Å². The number of carbonyl (C=O) groups is 2. The van der Waals surface area contributed by atoms with Gasteiger partial charge in [0.1, 0.15) is 12.0 Å². The molecule has 2 heterocycles. The molecule has 0 fully saturated rings. The molecular formula is C26H18Cl2F8N6O3. The number of rotatable bonds is 10. The number of hydrogen-bond donors (Lipinski definition) is 4. The summed E-state index contributed by atoms with van der Waals surface area (Å²) in [6.07, 6.45) is -14.0. The van der Waals surface area contributed by atoms with E-state index >= 15 is 0 Å². The quantitative estimate of drug-likeness (QED) is 0.129. The van der Waals surface area contributed by atoms with Gasteiger partial charge in [0.2, 0.25) is 17.7 Å². The van der Waals surface area contributed by atoms with Crippen LogP contribution in [0.4, 0.5) is 52.4 Å². The van der Waals surface area contributed by atoms with Crippen LogP contribution in [0, 0.1) is 0 Å². The highest BCUT2D eigenvalue weighted by atomic mass is 35.5. The summed E-state index contributed by atoms with van der Waals surface area (Å²) in [7, 11) is 0. The van der Waals surface area contributed by atoms with Gasteiger partial charge in [0, 0.05) is 12.2 Å². The monoisotopic (exact) mass is 684 g/mol. The first kappa shape index (κ1) is 33.5. The van der Waals surface area contributed by atoms with E-state index in [0.29, 0.717) is 0 Å². The highest BCUT2D eigenvalue weighted by Crippen LogP contribution is 2.36. The number of aromatic nitrogens is 3. The Kier molecular flexibility index (Phi) is 9.92. The second-order valence-corrected chi connectivity index (χ2v) is 9.90. The lowest BCUT2D eigenvalue weighted by Gasteiger charge is -2.13. The van der Waals surface area contributed by atoms with Crippen molar-refractivity contribution in [2.45, 2.75) is 31.7 Å². The zero-order valence-corrected chi connectivity index (χ0v) is 23.7. The average molecular weight is 685 g/mol. The van der Waals surface area contributed by atoms with E-state index in [0.717, 1.165) is 30.3 Å². The molecule has 0 unspecified atom stereocenters. The number of H-pyrrole nitrogens is 1. The number of halogens is 10. The van der Waals surface area contributed by atoms with Gasteiger partial charge in [-0.1, -0.05) is 29.3 Å². The molecule has 4 N–H and O–H groups in total. The second kappa shape index (κ2) is 13.3. The number of hydrogen-bond acceptors (Lipinski definition) is 6. The number of nitrogens with one attached hydrogen (secondary N) is 4. The fourth-order valence-corrected chi connectivity index (χ4v) is 4.28. The van der Waals surface area contributed by atoms with Crippen LogP contribution in [0.5, 0.6) is 5.88 Å². The molecule has 0 atom stereocenters. The first-order valence-electron chi connectivity index (χ1n) is 12.4. The van der Waals surface area contributed by atoms with E-state index in [1.807, 2.05) is 0 Å². The number of alkyl halides is 8. The Morgan fingerprint density at radius 1 is 0.978 bits per heavy atom. The number of anilines is 3. The number of nitrogens with zero attached hydrogens (tertiary/aromatic N) is 2. The SMILES string of the molecule is O=C(CC(F)(F)F)NCc1ccc(Cl)c(Nc2nc3nc(OCC(F)F)c(C(=O)Nc4ccc(C(F)(F)F)cc4)cc3[nH]2)c1Cl. The van der Waals surface area contributed by atoms with Gasteiger partial charge in [-0.05, 0) is 42.0 Å². The predicted octanol–water partition coefficient (Wildman–Crippen LogP) is 7.49. The number of imidazole rings is 1. The Hall–Kier alpha value is -4.38. The molecule has 2 aromatic heterocycles. The van der Waals surface area contributed by atoms with Crippen molar-refractivity contribution in [2.75, 3.05) is 17.2 Å². The van der Waals surface area contributed by atoms with Crippen molar-refractivity contribution in [3.8, 4) is 5.88 Å². The Morgan fingerprint density at radius 2 is 1.67 bits per heavy atom. The third kappa shape index (κ3) is 8.85. The molecule has 4 rings (SSSR count). The third-order valence-electron chi connectivity index (χ3n) is 5.75. The summed E-state index contributed by atoms with van der Waals surface area (Å²) in [5.74, 6) is -2.88. The Morgan fingerprint density at radius 3 is 2.29 bits per heavy atom. The topological polar surface area (TPSA) is 121 Å². The molecule has 0 aliphatic heterocycles. The molecule has 0 bridgehead atoms. The van der Waals surface area contributed by atoms with Crippen LogP contribution in [0.3, 0.4) is 0 Å².